The van der Waals surface area contributed by atoms with Crippen LogP contribution in [0, 0.1) is 5.92 Å². The molecule has 7 rings (SSSR count). The Morgan fingerprint density at radius 1 is 0.673 bits per heavy atom. The molecule has 5 aromatic rings. The van der Waals surface area contributed by atoms with Crippen molar-refractivity contribution in [3.8, 4) is 22.9 Å². The molecule has 1 unspecified atom stereocenters. The van der Waals surface area contributed by atoms with Gasteiger partial charge in [-0.2, -0.15) is 0 Å². The molecule has 0 radical (unpaired) electrons. The third-order valence-electron chi connectivity index (χ3n) is 10.6. The lowest BCUT2D eigenvalue weighted by Crippen LogP contribution is -2.67. The number of carbonyl (C=O) groups excluding carboxylic acids is 2. The Balaban J connectivity index is 1.07. The molecule has 3 atom stereocenters. The molecule has 4 amide bonds. The van der Waals surface area contributed by atoms with E-state index < -0.39 is 23.8 Å². The zero-order valence-corrected chi connectivity index (χ0v) is 30.1. The van der Waals surface area contributed by atoms with Crippen LogP contribution in [0.5, 0.6) is 0 Å². The second kappa shape index (κ2) is 16.3. The van der Waals surface area contributed by atoms with Gasteiger partial charge < -0.3 is 25.3 Å². The molecule has 0 aliphatic carbocycles. The van der Waals surface area contributed by atoms with Crippen molar-refractivity contribution in [1.29, 1.82) is 0 Å². The number of likely N-dealkylation sites (tertiary alicyclic amines) is 2. The monoisotopic (exact) mass is 742 g/mol. The van der Waals surface area contributed by atoms with Crippen molar-refractivity contribution in [1.82, 2.24) is 20.0 Å². The van der Waals surface area contributed by atoms with Crippen molar-refractivity contribution >= 4 is 35.4 Å². The molecule has 2 aliphatic heterocycles. The Labute approximate surface area is 318 Å². The molecule has 1 aromatic heterocycles. The highest BCUT2D eigenvalue weighted by atomic mass is 16.4. The summed E-state index contributed by atoms with van der Waals surface area (Å²) in [6.45, 7) is 0.586. The third-order valence-corrected chi connectivity index (χ3v) is 10.6. The summed E-state index contributed by atoms with van der Waals surface area (Å²) >= 11 is 0. The molecule has 13 heteroatoms. The first kappa shape index (κ1) is 36.8. The number of carboxylic acid groups (broad SMARTS) is 2. The fourth-order valence-electron chi connectivity index (χ4n) is 7.87. The van der Waals surface area contributed by atoms with Gasteiger partial charge in [0.05, 0.1) is 0 Å². The van der Waals surface area contributed by atoms with Crippen LogP contribution in [0.15, 0.2) is 114 Å². The van der Waals surface area contributed by atoms with Crippen LogP contribution in [0.4, 0.5) is 21.0 Å². The molecule has 4 N–H and O–H groups in total. The quantitative estimate of drug-likeness (QED) is 0.113. The van der Waals surface area contributed by atoms with Gasteiger partial charge in [0.1, 0.15) is 11.6 Å². The number of hydrogen-bond donors (Lipinski definition) is 4. The summed E-state index contributed by atoms with van der Waals surface area (Å²) in [5.41, 5.74) is 2.79. The van der Waals surface area contributed by atoms with Gasteiger partial charge in [-0.15, -0.1) is 10.2 Å². The van der Waals surface area contributed by atoms with Crippen LogP contribution in [-0.4, -0.2) is 78.9 Å². The van der Waals surface area contributed by atoms with E-state index in [1.54, 1.807) is 48.5 Å². The minimum atomic E-state index is -1.37. The third kappa shape index (κ3) is 8.05. The second-order valence-corrected chi connectivity index (χ2v) is 14.0. The van der Waals surface area contributed by atoms with Gasteiger partial charge in [0.25, 0.3) is 5.91 Å². The molecule has 2 fully saturated rings. The van der Waals surface area contributed by atoms with Gasteiger partial charge in [-0.05, 0) is 104 Å². The van der Waals surface area contributed by atoms with Crippen LogP contribution >= 0.6 is 0 Å². The van der Waals surface area contributed by atoms with E-state index in [4.69, 9.17) is 4.42 Å². The van der Waals surface area contributed by atoms with E-state index in [1.165, 1.54) is 9.80 Å². The molecule has 3 heterocycles. The number of hydrogen-bond acceptors (Lipinski definition) is 7. The Hall–Kier alpha value is -6.50. The van der Waals surface area contributed by atoms with Gasteiger partial charge in [0, 0.05) is 42.0 Å². The van der Waals surface area contributed by atoms with Crippen LogP contribution in [0.25, 0.3) is 22.9 Å². The molecule has 55 heavy (non-hydrogen) atoms. The van der Waals surface area contributed by atoms with Crippen molar-refractivity contribution in [2.45, 2.75) is 56.5 Å². The molecule has 0 saturated carbocycles. The maximum Gasteiger partial charge on any atom is 0.408 e. The Kier molecular flexibility index (Phi) is 10.9. The van der Waals surface area contributed by atoms with Gasteiger partial charge >= 0.3 is 12.2 Å². The molecule has 0 spiro atoms. The first-order valence-corrected chi connectivity index (χ1v) is 18.5. The lowest BCUT2D eigenvalue weighted by molar-refractivity contribution is -0.133. The fraction of sp³-hybridized carbons (Fsp3) is 0.286. The number of nitrogens with one attached hydrogen (secondary N) is 2. The van der Waals surface area contributed by atoms with E-state index >= 15 is 0 Å². The predicted octanol–water partition coefficient (Wildman–Crippen LogP) is 7.43. The van der Waals surface area contributed by atoms with Crippen LogP contribution in [0.1, 0.15) is 43.2 Å². The number of benzene rings is 4. The molecular weight excluding hydrogens is 700 g/mol. The Morgan fingerprint density at radius 3 is 1.84 bits per heavy atom. The smallest absolute Gasteiger partial charge is 0.408 e. The molecule has 0 bridgehead atoms. The number of nitrogens with zero attached hydrogens (tertiary/aromatic N) is 4. The average molecular weight is 743 g/mol. The van der Waals surface area contributed by atoms with E-state index in [0.717, 1.165) is 24.0 Å². The number of piperidine rings is 2. The molecule has 4 aromatic carbocycles. The first-order chi connectivity index (χ1) is 26.7. The normalized spacial score (nSPS) is 19.7. The van der Waals surface area contributed by atoms with Crippen molar-refractivity contribution in [2.75, 3.05) is 23.7 Å². The number of carbonyl (C=O) groups is 4. The maximum absolute atomic E-state index is 14.6. The van der Waals surface area contributed by atoms with E-state index in [0.29, 0.717) is 54.7 Å². The molecule has 2 aliphatic rings. The lowest BCUT2D eigenvalue weighted by Gasteiger charge is -2.50. The minimum absolute atomic E-state index is 0.226. The summed E-state index contributed by atoms with van der Waals surface area (Å²) < 4.78 is 5.98. The SMILES string of the molecule is O=C(Nc1ccc(-c2nnc(-c3ccc(NC(=O)[C@@]4(Cc5ccccc5)C(Cc5ccccc5)CCCN4C(=O)O)cc3)o2)cc1)[C@H]1CCCCN1C(=O)O. The van der Waals surface area contributed by atoms with E-state index in [9.17, 15) is 29.4 Å². The highest BCUT2D eigenvalue weighted by Crippen LogP contribution is 2.40. The van der Waals surface area contributed by atoms with E-state index in [1.807, 2.05) is 60.7 Å². The standard InChI is InChI=1S/C42H42N6O7/c49-36(35-15-7-8-24-47(35)40(51)52)43-33-20-16-30(17-21-33)37-45-46-38(55-37)31-18-22-34(23-19-31)44-39(50)42(27-29-12-5-2-6-13-29)32(14-9-25-48(42)41(53)54)26-28-10-3-1-4-11-28/h1-6,10-13,16-23,32,35H,7-9,14-15,24-27H2,(H,43,49)(H,44,50)(H,51,52)(H,53,54)/t32?,35-,42-/m1/s1. The van der Waals surface area contributed by atoms with Gasteiger partial charge in [0.15, 0.2) is 0 Å². The Bertz CT molecular complexity index is 2130. The van der Waals surface area contributed by atoms with Crippen molar-refractivity contribution < 1.29 is 33.8 Å². The second-order valence-electron chi connectivity index (χ2n) is 14.0. The van der Waals surface area contributed by atoms with Crippen LogP contribution in [0.3, 0.4) is 0 Å². The number of aromatic nitrogens is 2. The van der Waals surface area contributed by atoms with E-state index in [2.05, 4.69) is 20.8 Å². The first-order valence-electron chi connectivity index (χ1n) is 18.5. The zero-order chi connectivity index (χ0) is 38.4. The molecule has 282 valence electrons. The van der Waals surface area contributed by atoms with Gasteiger partial charge in [-0.1, -0.05) is 60.7 Å². The number of amides is 4. The number of rotatable bonds is 10. The average Bonchev–Trinajstić information content (AvgIpc) is 3.70. The highest BCUT2D eigenvalue weighted by molar-refractivity contribution is 6.01. The zero-order valence-electron chi connectivity index (χ0n) is 30.1. The molecule has 13 nitrogen and oxygen atoms in total. The lowest BCUT2D eigenvalue weighted by atomic mass is 9.69. The van der Waals surface area contributed by atoms with Crippen molar-refractivity contribution in [3.63, 3.8) is 0 Å². The van der Waals surface area contributed by atoms with Crippen LogP contribution < -0.4 is 10.6 Å². The summed E-state index contributed by atoms with van der Waals surface area (Å²) in [5, 5.41) is 34.3. The summed E-state index contributed by atoms with van der Waals surface area (Å²) in [6, 6.07) is 32.5. The fourth-order valence-corrected chi connectivity index (χ4v) is 7.87. The molecule has 2 saturated heterocycles. The van der Waals surface area contributed by atoms with Crippen LogP contribution in [0.2, 0.25) is 0 Å². The Morgan fingerprint density at radius 2 is 1.25 bits per heavy atom. The summed E-state index contributed by atoms with van der Waals surface area (Å²) in [6.07, 6.45) is 1.89. The highest BCUT2D eigenvalue weighted by Gasteiger charge is 2.54. The van der Waals surface area contributed by atoms with Crippen molar-refractivity contribution in [2.24, 2.45) is 5.92 Å². The summed E-state index contributed by atoms with van der Waals surface area (Å²) in [4.78, 5) is 54.5. The predicted molar refractivity (Wildman–Crippen MR) is 205 cm³/mol. The van der Waals surface area contributed by atoms with Gasteiger partial charge in [-0.3, -0.25) is 19.4 Å². The topological polar surface area (TPSA) is 178 Å². The summed E-state index contributed by atoms with van der Waals surface area (Å²) in [5.74, 6) is -0.520. The minimum Gasteiger partial charge on any atom is -0.465 e. The largest absolute Gasteiger partial charge is 0.465 e. The summed E-state index contributed by atoms with van der Waals surface area (Å²) in [7, 11) is 0. The van der Waals surface area contributed by atoms with Gasteiger partial charge in [0.2, 0.25) is 17.7 Å². The molecular formula is C42H42N6O7. The van der Waals surface area contributed by atoms with Gasteiger partial charge in [-0.25, -0.2) is 9.59 Å². The van der Waals surface area contributed by atoms with Crippen molar-refractivity contribution in [3.05, 3.63) is 120 Å². The van der Waals surface area contributed by atoms with E-state index in [-0.39, 0.29) is 42.5 Å². The number of anilines is 2. The van der Waals surface area contributed by atoms with Crippen LogP contribution in [-0.2, 0) is 22.4 Å². The maximum atomic E-state index is 14.6.